The summed E-state index contributed by atoms with van der Waals surface area (Å²) in [5.74, 6) is 0.346. The molecule has 1 atom stereocenters. The van der Waals surface area contributed by atoms with Gasteiger partial charge in [0.2, 0.25) is 0 Å². The Hall–Kier alpha value is 0.210. The fourth-order valence-electron chi connectivity index (χ4n) is 0.504. The van der Waals surface area contributed by atoms with E-state index in [2.05, 4.69) is 0 Å². The quantitative estimate of drug-likeness (QED) is 0.630. The zero-order valence-corrected chi connectivity index (χ0v) is 6.82. The van der Waals surface area contributed by atoms with Crippen molar-refractivity contribution in [2.75, 3.05) is 6.54 Å². The molecule has 0 fully saturated rings. The number of nitrogens with two attached hydrogens (primary N) is 1. The highest BCUT2D eigenvalue weighted by molar-refractivity contribution is 5.85. The summed E-state index contributed by atoms with van der Waals surface area (Å²) in [4.78, 5) is 0. The lowest BCUT2D eigenvalue weighted by Crippen LogP contribution is -2.18. The summed E-state index contributed by atoms with van der Waals surface area (Å²) in [6.07, 6.45) is 0.512. The van der Waals surface area contributed by atoms with Gasteiger partial charge in [-0.15, -0.1) is 12.4 Å². The van der Waals surface area contributed by atoms with Crippen LogP contribution in [0.15, 0.2) is 0 Å². The van der Waals surface area contributed by atoms with Gasteiger partial charge in [0.05, 0.1) is 6.10 Å². The highest BCUT2D eigenvalue weighted by Crippen LogP contribution is 2.02. The van der Waals surface area contributed by atoms with Gasteiger partial charge in [-0.2, -0.15) is 0 Å². The van der Waals surface area contributed by atoms with Crippen LogP contribution in [0.4, 0.5) is 0 Å². The van der Waals surface area contributed by atoms with E-state index in [4.69, 9.17) is 10.8 Å². The van der Waals surface area contributed by atoms with E-state index in [1.807, 2.05) is 13.8 Å². The van der Waals surface area contributed by atoms with E-state index in [9.17, 15) is 0 Å². The highest BCUT2D eigenvalue weighted by atomic mass is 35.5. The Balaban J connectivity index is 0. The molecular formula is C6H16ClNO. The summed E-state index contributed by atoms with van der Waals surface area (Å²) in [6.45, 7) is 4.56. The van der Waals surface area contributed by atoms with E-state index in [-0.39, 0.29) is 18.5 Å². The van der Waals surface area contributed by atoms with Crippen molar-refractivity contribution in [1.29, 1.82) is 0 Å². The molecule has 0 spiro atoms. The molecule has 3 heteroatoms. The maximum absolute atomic E-state index is 9.05. The summed E-state index contributed by atoms with van der Waals surface area (Å²) in [6, 6.07) is 0. The fraction of sp³-hybridized carbons (Fsp3) is 1.00. The molecule has 0 aromatic carbocycles. The molecule has 0 bridgehead atoms. The van der Waals surface area contributed by atoms with Crippen molar-refractivity contribution in [3.05, 3.63) is 0 Å². The van der Waals surface area contributed by atoms with E-state index in [1.165, 1.54) is 0 Å². The second-order valence-corrected chi connectivity index (χ2v) is 2.39. The van der Waals surface area contributed by atoms with E-state index in [1.54, 1.807) is 0 Å². The van der Waals surface area contributed by atoms with Gasteiger partial charge >= 0.3 is 0 Å². The molecule has 0 saturated heterocycles. The molecular weight excluding hydrogens is 138 g/mol. The molecule has 0 rings (SSSR count). The van der Waals surface area contributed by atoms with Crippen LogP contribution in [-0.4, -0.2) is 17.8 Å². The van der Waals surface area contributed by atoms with Crippen molar-refractivity contribution in [2.45, 2.75) is 26.4 Å². The van der Waals surface area contributed by atoms with Gasteiger partial charge < -0.3 is 10.8 Å². The molecule has 0 aliphatic rings. The lowest BCUT2D eigenvalue weighted by molar-refractivity contribution is 0.119. The van der Waals surface area contributed by atoms with Gasteiger partial charge in [-0.25, -0.2) is 0 Å². The Morgan fingerprint density at radius 1 is 1.44 bits per heavy atom. The SMILES string of the molecule is CC(C)[C@@H](O)CCN.Cl. The minimum absolute atomic E-state index is 0. The van der Waals surface area contributed by atoms with Crippen molar-refractivity contribution in [1.82, 2.24) is 0 Å². The standard InChI is InChI=1S/C6H15NO.ClH/c1-5(2)6(8)3-4-7;/h5-6,8H,3-4,7H2,1-2H3;1H/t6-;/m0./s1. The molecule has 0 aliphatic heterocycles. The monoisotopic (exact) mass is 153 g/mol. The first kappa shape index (κ1) is 11.9. The maximum atomic E-state index is 9.05. The fourth-order valence-corrected chi connectivity index (χ4v) is 0.504. The van der Waals surface area contributed by atoms with Crippen LogP contribution in [0.5, 0.6) is 0 Å². The minimum atomic E-state index is -0.208. The van der Waals surface area contributed by atoms with Gasteiger partial charge in [-0.05, 0) is 18.9 Å². The van der Waals surface area contributed by atoms with Crippen LogP contribution < -0.4 is 5.73 Å². The first-order valence-corrected chi connectivity index (χ1v) is 3.06. The zero-order chi connectivity index (χ0) is 6.57. The number of halogens is 1. The smallest absolute Gasteiger partial charge is 0.0575 e. The third kappa shape index (κ3) is 6.09. The number of aliphatic hydroxyl groups is 1. The average Bonchev–Trinajstić information content (AvgIpc) is 1.67. The van der Waals surface area contributed by atoms with Crippen LogP contribution in [0.3, 0.4) is 0 Å². The van der Waals surface area contributed by atoms with Crippen molar-refractivity contribution in [2.24, 2.45) is 11.7 Å². The van der Waals surface area contributed by atoms with E-state index in [0.717, 1.165) is 6.42 Å². The van der Waals surface area contributed by atoms with Crippen LogP contribution in [-0.2, 0) is 0 Å². The maximum Gasteiger partial charge on any atom is 0.0575 e. The molecule has 0 heterocycles. The number of hydrogen-bond acceptors (Lipinski definition) is 2. The Labute approximate surface area is 62.9 Å². The van der Waals surface area contributed by atoms with Crippen molar-refractivity contribution in [3.63, 3.8) is 0 Å². The lowest BCUT2D eigenvalue weighted by atomic mass is 10.1. The van der Waals surface area contributed by atoms with Gasteiger partial charge in [-0.3, -0.25) is 0 Å². The third-order valence-electron chi connectivity index (χ3n) is 1.23. The molecule has 9 heavy (non-hydrogen) atoms. The van der Waals surface area contributed by atoms with Crippen molar-refractivity contribution in [3.8, 4) is 0 Å². The van der Waals surface area contributed by atoms with Gasteiger partial charge in [0.1, 0.15) is 0 Å². The molecule has 0 unspecified atom stereocenters. The number of rotatable bonds is 3. The molecule has 0 amide bonds. The molecule has 58 valence electrons. The van der Waals surface area contributed by atoms with Crippen molar-refractivity contribution >= 4 is 12.4 Å². The van der Waals surface area contributed by atoms with E-state index >= 15 is 0 Å². The summed E-state index contributed by atoms with van der Waals surface area (Å²) < 4.78 is 0. The average molecular weight is 154 g/mol. The Kier molecular flexibility index (Phi) is 8.40. The zero-order valence-electron chi connectivity index (χ0n) is 6.00. The van der Waals surface area contributed by atoms with Gasteiger partial charge in [0.15, 0.2) is 0 Å². The van der Waals surface area contributed by atoms with Crippen LogP contribution in [0.2, 0.25) is 0 Å². The molecule has 2 nitrogen and oxygen atoms in total. The van der Waals surface area contributed by atoms with Gasteiger partial charge in [-0.1, -0.05) is 13.8 Å². The van der Waals surface area contributed by atoms with Gasteiger partial charge in [0.25, 0.3) is 0 Å². The van der Waals surface area contributed by atoms with Crippen molar-refractivity contribution < 1.29 is 5.11 Å². The van der Waals surface area contributed by atoms with Crippen LogP contribution in [0.1, 0.15) is 20.3 Å². The summed E-state index contributed by atoms with van der Waals surface area (Å²) in [5.41, 5.74) is 5.21. The number of aliphatic hydroxyl groups excluding tert-OH is 1. The largest absolute Gasteiger partial charge is 0.393 e. The molecule has 0 aromatic heterocycles. The lowest BCUT2D eigenvalue weighted by Gasteiger charge is -2.11. The molecule has 0 saturated carbocycles. The van der Waals surface area contributed by atoms with Crippen LogP contribution in [0, 0.1) is 5.92 Å². The Morgan fingerprint density at radius 3 is 2.00 bits per heavy atom. The summed E-state index contributed by atoms with van der Waals surface area (Å²) in [7, 11) is 0. The topological polar surface area (TPSA) is 46.2 Å². The summed E-state index contributed by atoms with van der Waals surface area (Å²) in [5, 5.41) is 9.05. The second kappa shape index (κ2) is 6.33. The first-order valence-electron chi connectivity index (χ1n) is 3.06. The molecule has 0 radical (unpaired) electrons. The predicted molar refractivity (Wildman–Crippen MR) is 41.8 cm³/mol. The van der Waals surface area contributed by atoms with Crippen LogP contribution in [0.25, 0.3) is 0 Å². The molecule has 0 aromatic rings. The van der Waals surface area contributed by atoms with E-state index < -0.39 is 0 Å². The predicted octanol–water partition coefficient (Wildman–Crippen LogP) is 0.774. The Morgan fingerprint density at radius 2 is 1.89 bits per heavy atom. The second-order valence-electron chi connectivity index (χ2n) is 2.39. The molecule has 0 aliphatic carbocycles. The minimum Gasteiger partial charge on any atom is -0.393 e. The number of hydrogen-bond donors (Lipinski definition) is 2. The highest BCUT2D eigenvalue weighted by Gasteiger charge is 2.05. The first-order chi connectivity index (χ1) is 3.68. The van der Waals surface area contributed by atoms with E-state index in [0.29, 0.717) is 12.5 Å². The Bertz CT molecular complexity index is 59.0. The summed E-state index contributed by atoms with van der Waals surface area (Å²) >= 11 is 0. The third-order valence-corrected chi connectivity index (χ3v) is 1.23. The normalized spacial score (nSPS) is 13.0. The van der Waals surface area contributed by atoms with Crippen LogP contribution >= 0.6 is 12.4 Å². The molecule has 3 N–H and O–H groups in total. The van der Waals surface area contributed by atoms with Gasteiger partial charge in [0, 0.05) is 0 Å².